The monoisotopic (exact) mass is 449 g/mol. The number of hydrogen-bond acceptors (Lipinski definition) is 6. The van der Waals surface area contributed by atoms with Crippen LogP contribution in [-0.4, -0.2) is 41.4 Å². The largest absolute Gasteiger partial charge is 0.478 e. The van der Waals surface area contributed by atoms with Gasteiger partial charge in [0.2, 0.25) is 5.82 Å². The quantitative estimate of drug-likeness (QED) is 0.459. The van der Waals surface area contributed by atoms with Crippen molar-refractivity contribution in [1.82, 2.24) is 34.3 Å². The van der Waals surface area contributed by atoms with Crippen LogP contribution in [0.2, 0.25) is 0 Å². The molecular formula is C23H21F2N7O. The van der Waals surface area contributed by atoms with Crippen molar-refractivity contribution in [1.29, 1.82) is 0 Å². The van der Waals surface area contributed by atoms with E-state index in [0.29, 0.717) is 41.1 Å². The maximum atomic E-state index is 14.4. The average molecular weight is 449 g/mol. The number of ether oxygens (including phenoxy) is 1. The predicted molar refractivity (Wildman–Crippen MR) is 117 cm³/mol. The number of rotatable bonds is 5. The van der Waals surface area contributed by atoms with E-state index in [4.69, 9.17) is 4.74 Å². The van der Waals surface area contributed by atoms with Crippen molar-refractivity contribution in [2.75, 3.05) is 7.11 Å². The van der Waals surface area contributed by atoms with E-state index in [1.54, 1.807) is 33.9 Å². The van der Waals surface area contributed by atoms with Gasteiger partial charge in [0.15, 0.2) is 5.82 Å². The molecule has 0 N–H and O–H groups in total. The van der Waals surface area contributed by atoms with Crippen LogP contribution >= 0.6 is 0 Å². The van der Waals surface area contributed by atoms with E-state index in [0.717, 1.165) is 24.6 Å². The molecule has 0 spiro atoms. The van der Waals surface area contributed by atoms with Crippen LogP contribution in [0.4, 0.5) is 8.78 Å². The highest BCUT2D eigenvalue weighted by Crippen LogP contribution is 2.34. The van der Waals surface area contributed by atoms with E-state index in [9.17, 15) is 8.78 Å². The summed E-state index contributed by atoms with van der Waals surface area (Å²) in [5.74, 6) is 0.614. The molecule has 8 nitrogen and oxygen atoms in total. The minimum absolute atomic E-state index is 0.271. The Bertz CT molecular complexity index is 1340. The number of aromatic nitrogens is 7. The van der Waals surface area contributed by atoms with Crippen molar-refractivity contribution in [3.05, 3.63) is 77.2 Å². The van der Waals surface area contributed by atoms with Gasteiger partial charge in [0, 0.05) is 24.7 Å². The molecule has 4 aromatic rings. The van der Waals surface area contributed by atoms with Crippen LogP contribution in [0.1, 0.15) is 47.4 Å². The minimum Gasteiger partial charge on any atom is -0.478 e. The van der Waals surface area contributed by atoms with Crippen molar-refractivity contribution in [2.45, 2.75) is 32.2 Å². The Hall–Kier alpha value is -3.95. The van der Waals surface area contributed by atoms with Gasteiger partial charge in [0.25, 0.3) is 5.88 Å². The van der Waals surface area contributed by atoms with Gasteiger partial charge in [-0.25, -0.2) is 33.4 Å². The number of aryl methyl sites for hydroxylation is 2. The Balaban J connectivity index is 1.42. The Morgan fingerprint density at radius 2 is 2.03 bits per heavy atom. The molecule has 5 rings (SSSR count). The maximum absolute atomic E-state index is 14.4. The second-order valence-corrected chi connectivity index (χ2v) is 7.80. The van der Waals surface area contributed by atoms with Gasteiger partial charge in [-0.05, 0) is 43.5 Å². The molecule has 0 bridgehead atoms. The van der Waals surface area contributed by atoms with Gasteiger partial charge in [-0.1, -0.05) is 6.07 Å². The molecular weight excluding hydrogens is 428 g/mol. The standard InChI is InChI=1S/C23H21F2N7O/c1-14-12-31(13-27-14)22-23(33-2)28-16(11-26-22)6-8-20-29-21-18(4-3-9-32(21)30-20)17-7-5-15(24)10-19(17)25/h5-8,10-13,18H,3-4,9H2,1-2H3/b8-6+/t18-/m0/s1. The summed E-state index contributed by atoms with van der Waals surface area (Å²) >= 11 is 0. The van der Waals surface area contributed by atoms with Gasteiger partial charge in [-0.2, -0.15) is 5.10 Å². The van der Waals surface area contributed by atoms with Crippen molar-refractivity contribution >= 4 is 12.2 Å². The summed E-state index contributed by atoms with van der Waals surface area (Å²) in [6, 6.07) is 3.67. The topological polar surface area (TPSA) is 83.5 Å². The SMILES string of the molecule is COc1nc(/C=C/c2nc3n(n2)CCC[C@H]3c2ccc(F)cc2F)cnc1-n1cnc(C)c1. The van der Waals surface area contributed by atoms with E-state index >= 15 is 0 Å². The third-order valence-electron chi connectivity index (χ3n) is 5.52. The smallest absolute Gasteiger partial charge is 0.258 e. The first kappa shape index (κ1) is 20.9. The van der Waals surface area contributed by atoms with Gasteiger partial charge < -0.3 is 4.74 Å². The van der Waals surface area contributed by atoms with E-state index in [-0.39, 0.29) is 5.92 Å². The predicted octanol–water partition coefficient (Wildman–Crippen LogP) is 3.95. The van der Waals surface area contributed by atoms with Crippen LogP contribution in [0.5, 0.6) is 5.88 Å². The molecule has 0 unspecified atom stereocenters. The zero-order valence-corrected chi connectivity index (χ0v) is 18.1. The second kappa shape index (κ2) is 8.53. The van der Waals surface area contributed by atoms with Gasteiger partial charge >= 0.3 is 0 Å². The zero-order chi connectivity index (χ0) is 22.9. The number of hydrogen-bond donors (Lipinski definition) is 0. The summed E-state index contributed by atoms with van der Waals surface area (Å²) in [5.41, 5.74) is 1.86. The fourth-order valence-corrected chi connectivity index (χ4v) is 3.99. The highest BCUT2D eigenvalue weighted by Gasteiger charge is 2.27. The van der Waals surface area contributed by atoms with Crippen LogP contribution in [0.25, 0.3) is 18.0 Å². The van der Waals surface area contributed by atoms with Crippen molar-refractivity contribution in [3.8, 4) is 11.7 Å². The minimum atomic E-state index is -0.595. The van der Waals surface area contributed by atoms with Crippen LogP contribution in [0, 0.1) is 18.6 Å². The second-order valence-electron chi connectivity index (χ2n) is 7.80. The third-order valence-corrected chi connectivity index (χ3v) is 5.52. The molecule has 0 radical (unpaired) electrons. The molecule has 3 aromatic heterocycles. The molecule has 168 valence electrons. The van der Waals surface area contributed by atoms with Crippen LogP contribution < -0.4 is 4.74 Å². The fourth-order valence-electron chi connectivity index (χ4n) is 3.99. The third kappa shape index (κ3) is 4.11. The summed E-state index contributed by atoms with van der Waals surface area (Å²) in [6.45, 7) is 2.59. The van der Waals surface area contributed by atoms with Gasteiger partial charge in [0.1, 0.15) is 23.8 Å². The molecule has 0 saturated carbocycles. The number of nitrogens with zero attached hydrogens (tertiary/aromatic N) is 7. The lowest BCUT2D eigenvalue weighted by atomic mass is 9.91. The molecule has 1 aliphatic rings. The first-order valence-corrected chi connectivity index (χ1v) is 10.5. The zero-order valence-electron chi connectivity index (χ0n) is 18.1. The lowest BCUT2D eigenvalue weighted by molar-refractivity contribution is 0.393. The molecule has 0 aliphatic carbocycles. The fraction of sp³-hybridized carbons (Fsp3) is 0.261. The number of halogens is 2. The summed E-state index contributed by atoms with van der Waals surface area (Å²) in [4.78, 5) is 17.7. The molecule has 1 aliphatic heterocycles. The Labute approximate surface area is 188 Å². The van der Waals surface area contributed by atoms with Crippen LogP contribution in [0.15, 0.2) is 36.9 Å². The molecule has 0 saturated heterocycles. The highest BCUT2D eigenvalue weighted by molar-refractivity contribution is 5.64. The summed E-state index contributed by atoms with van der Waals surface area (Å²) in [7, 11) is 1.53. The lowest BCUT2D eigenvalue weighted by Gasteiger charge is -2.22. The molecule has 0 amide bonds. The van der Waals surface area contributed by atoms with E-state index in [1.165, 1.54) is 19.2 Å². The van der Waals surface area contributed by atoms with E-state index < -0.39 is 11.6 Å². The van der Waals surface area contributed by atoms with Crippen LogP contribution in [-0.2, 0) is 6.54 Å². The molecule has 1 atom stereocenters. The van der Waals surface area contributed by atoms with Gasteiger partial charge in [-0.3, -0.25) is 4.57 Å². The summed E-state index contributed by atoms with van der Waals surface area (Å²) in [6.07, 6.45) is 10.1. The molecule has 1 aromatic carbocycles. The van der Waals surface area contributed by atoms with Crippen molar-refractivity contribution in [2.24, 2.45) is 0 Å². The van der Waals surface area contributed by atoms with Gasteiger partial charge in [0.05, 0.1) is 24.7 Å². The maximum Gasteiger partial charge on any atom is 0.258 e. The molecule has 4 heterocycles. The van der Waals surface area contributed by atoms with Crippen LogP contribution in [0.3, 0.4) is 0 Å². The molecule has 0 fully saturated rings. The number of methoxy groups -OCH3 is 1. The first-order valence-electron chi connectivity index (χ1n) is 10.5. The molecule has 10 heteroatoms. The first-order chi connectivity index (χ1) is 16.0. The highest BCUT2D eigenvalue weighted by atomic mass is 19.1. The molecule has 33 heavy (non-hydrogen) atoms. The van der Waals surface area contributed by atoms with Gasteiger partial charge in [-0.15, -0.1) is 0 Å². The average Bonchev–Trinajstić information content (AvgIpc) is 3.43. The number of benzene rings is 1. The number of fused-ring (bicyclic) bond motifs is 1. The Kier molecular flexibility index (Phi) is 5.41. The summed E-state index contributed by atoms with van der Waals surface area (Å²) < 4.78 is 36.7. The van der Waals surface area contributed by atoms with E-state index in [2.05, 4.69) is 25.0 Å². The summed E-state index contributed by atoms with van der Waals surface area (Å²) in [5, 5.41) is 4.53. The Morgan fingerprint density at radius 1 is 1.15 bits per heavy atom. The number of imidazole rings is 1. The normalized spacial score (nSPS) is 15.7. The lowest BCUT2D eigenvalue weighted by Crippen LogP contribution is -2.18. The van der Waals surface area contributed by atoms with Crippen molar-refractivity contribution in [3.63, 3.8) is 0 Å². The van der Waals surface area contributed by atoms with Crippen molar-refractivity contribution < 1.29 is 13.5 Å². The van der Waals surface area contributed by atoms with E-state index in [1.807, 2.05) is 13.1 Å². The Morgan fingerprint density at radius 3 is 2.79 bits per heavy atom.